The lowest BCUT2D eigenvalue weighted by Gasteiger charge is -2.33. The molecule has 0 spiro atoms. The maximum atomic E-state index is 13.1. The van der Waals surface area contributed by atoms with Gasteiger partial charge in [0.15, 0.2) is 0 Å². The first-order valence-corrected chi connectivity index (χ1v) is 12.8. The first-order valence-electron chi connectivity index (χ1n) is 11.4. The van der Waals surface area contributed by atoms with Crippen molar-refractivity contribution in [2.45, 2.75) is 11.4 Å². The molecular weight excluding hydrogens is 462 g/mol. The van der Waals surface area contributed by atoms with Crippen molar-refractivity contribution < 1.29 is 13.2 Å². The Morgan fingerprint density at radius 2 is 1.60 bits per heavy atom. The number of fused-ring (bicyclic) bond motifs is 1. The standard InChI is InChI=1S/C26H25N5O3S/c32-26(13-11-24-20-30(28-27-24)19-21-6-2-1-3-7-21)29-14-16-31(17-15-29)35(33,34)25-12-10-22-8-4-5-9-23(22)18-25/h1-13,18,20H,14-17,19H2. The smallest absolute Gasteiger partial charge is 0.246 e. The minimum atomic E-state index is -3.62. The summed E-state index contributed by atoms with van der Waals surface area (Å²) < 4.78 is 29.4. The van der Waals surface area contributed by atoms with E-state index in [1.807, 2.05) is 60.7 Å². The van der Waals surface area contributed by atoms with E-state index in [0.29, 0.717) is 25.3 Å². The summed E-state index contributed by atoms with van der Waals surface area (Å²) in [6.07, 6.45) is 4.88. The van der Waals surface area contributed by atoms with Crippen LogP contribution in [0, 0.1) is 0 Å². The molecule has 5 rings (SSSR count). The van der Waals surface area contributed by atoms with Crippen LogP contribution in [0.1, 0.15) is 11.3 Å². The lowest BCUT2D eigenvalue weighted by Crippen LogP contribution is -2.50. The van der Waals surface area contributed by atoms with E-state index >= 15 is 0 Å². The Labute approximate surface area is 204 Å². The van der Waals surface area contributed by atoms with Gasteiger partial charge in [-0.3, -0.25) is 4.79 Å². The van der Waals surface area contributed by atoms with Crippen molar-refractivity contribution >= 4 is 32.8 Å². The van der Waals surface area contributed by atoms with Crippen LogP contribution in [0.3, 0.4) is 0 Å². The summed E-state index contributed by atoms with van der Waals surface area (Å²) in [6.45, 7) is 1.76. The average Bonchev–Trinajstić information content (AvgIpc) is 3.34. The predicted octanol–water partition coefficient (Wildman–Crippen LogP) is 3.03. The molecule has 1 fully saturated rings. The molecule has 0 N–H and O–H groups in total. The number of hydrogen-bond acceptors (Lipinski definition) is 5. The summed E-state index contributed by atoms with van der Waals surface area (Å²) in [5.74, 6) is -0.176. The van der Waals surface area contributed by atoms with Crippen molar-refractivity contribution in [2.24, 2.45) is 0 Å². The first-order chi connectivity index (χ1) is 17.0. The largest absolute Gasteiger partial charge is 0.337 e. The second-order valence-corrected chi connectivity index (χ2v) is 10.3. The Balaban J connectivity index is 1.18. The van der Waals surface area contributed by atoms with E-state index in [-0.39, 0.29) is 23.9 Å². The van der Waals surface area contributed by atoms with Crippen molar-refractivity contribution in [1.82, 2.24) is 24.2 Å². The number of aromatic nitrogens is 3. The quantitative estimate of drug-likeness (QED) is 0.390. The van der Waals surface area contributed by atoms with E-state index < -0.39 is 10.0 Å². The molecule has 0 aliphatic carbocycles. The van der Waals surface area contributed by atoms with Crippen LogP contribution in [0.25, 0.3) is 16.8 Å². The number of nitrogens with zero attached hydrogens (tertiary/aromatic N) is 5. The second-order valence-electron chi connectivity index (χ2n) is 8.40. The van der Waals surface area contributed by atoms with Gasteiger partial charge in [0.25, 0.3) is 0 Å². The van der Waals surface area contributed by atoms with Gasteiger partial charge < -0.3 is 4.90 Å². The minimum Gasteiger partial charge on any atom is -0.337 e. The average molecular weight is 488 g/mol. The molecule has 0 unspecified atom stereocenters. The highest BCUT2D eigenvalue weighted by atomic mass is 32.2. The number of rotatable bonds is 6. The van der Waals surface area contributed by atoms with Crippen molar-refractivity contribution in [1.29, 1.82) is 0 Å². The molecule has 2 heterocycles. The van der Waals surface area contributed by atoms with E-state index in [0.717, 1.165) is 16.3 Å². The van der Waals surface area contributed by atoms with Crippen molar-refractivity contribution in [3.8, 4) is 0 Å². The van der Waals surface area contributed by atoms with Gasteiger partial charge in [-0.05, 0) is 34.5 Å². The Morgan fingerprint density at radius 1 is 0.886 bits per heavy atom. The zero-order valence-electron chi connectivity index (χ0n) is 19.1. The van der Waals surface area contributed by atoms with Crippen LogP contribution >= 0.6 is 0 Å². The summed E-state index contributed by atoms with van der Waals surface area (Å²) >= 11 is 0. The SMILES string of the molecule is O=C(C=Cc1cn(Cc2ccccc2)nn1)N1CCN(S(=O)(=O)c2ccc3ccccc3c2)CC1. The molecule has 1 aliphatic rings. The summed E-state index contributed by atoms with van der Waals surface area (Å²) in [4.78, 5) is 14.6. The Morgan fingerprint density at radius 3 is 2.37 bits per heavy atom. The number of piperazine rings is 1. The van der Waals surface area contributed by atoms with Gasteiger partial charge in [0, 0.05) is 32.3 Å². The van der Waals surface area contributed by atoms with E-state index in [1.165, 1.54) is 10.4 Å². The summed E-state index contributed by atoms with van der Waals surface area (Å²) in [7, 11) is -3.62. The molecule has 1 aromatic heterocycles. The molecule has 1 amide bonds. The maximum Gasteiger partial charge on any atom is 0.246 e. The predicted molar refractivity (Wildman–Crippen MR) is 134 cm³/mol. The van der Waals surface area contributed by atoms with Gasteiger partial charge >= 0.3 is 0 Å². The normalized spacial score (nSPS) is 15.1. The lowest BCUT2D eigenvalue weighted by molar-refractivity contribution is -0.127. The molecule has 1 saturated heterocycles. The molecule has 0 atom stereocenters. The number of amides is 1. The number of benzene rings is 3. The fourth-order valence-corrected chi connectivity index (χ4v) is 5.58. The topological polar surface area (TPSA) is 88.4 Å². The van der Waals surface area contributed by atoms with Gasteiger partial charge in [-0.2, -0.15) is 4.31 Å². The van der Waals surface area contributed by atoms with Gasteiger partial charge in [-0.1, -0.05) is 65.9 Å². The number of hydrogen-bond donors (Lipinski definition) is 0. The van der Waals surface area contributed by atoms with Crippen LogP contribution in [0.2, 0.25) is 0 Å². The third-order valence-corrected chi connectivity index (χ3v) is 7.94. The molecule has 3 aromatic carbocycles. The van der Waals surface area contributed by atoms with Crippen molar-refractivity contribution in [3.05, 3.63) is 96.3 Å². The highest BCUT2D eigenvalue weighted by Crippen LogP contribution is 2.23. The van der Waals surface area contributed by atoms with Crippen LogP contribution in [0.4, 0.5) is 0 Å². The highest BCUT2D eigenvalue weighted by molar-refractivity contribution is 7.89. The van der Waals surface area contributed by atoms with Gasteiger partial charge in [-0.15, -0.1) is 5.10 Å². The minimum absolute atomic E-state index is 0.176. The van der Waals surface area contributed by atoms with Crippen LogP contribution < -0.4 is 0 Å². The second kappa shape index (κ2) is 9.81. The Kier molecular flexibility index (Phi) is 6.43. The zero-order valence-corrected chi connectivity index (χ0v) is 19.9. The third kappa shape index (κ3) is 5.16. The molecule has 4 aromatic rings. The van der Waals surface area contributed by atoms with Gasteiger partial charge in [-0.25, -0.2) is 13.1 Å². The van der Waals surface area contributed by atoms with Crippen LogP contribution in [0.15, 0.2) is 90.0 Å². The Bertz CT molecular complexity index is 1470. The molecule has 9 heteroatoms. The number of sulfonamides is 1. The van der Waals surface area contributed by atoms with Crippen molar-refractivity contribution in [2.75, 3.05) is 26.2 Å². The summed E-state index contributed by atoms with van der Waals surface area (Å²) in [6, 6.07) is 22.8. The number of carbonyl (C=O) groups excluding carboxylic acids is 1. The van der Waals surface area contributed by atoms with Gasteiger partial charge in [0.2, 0.25) is 15.9 Å². The summed E-state index contributed by atoms with van der Waals surface area (Å²) in [5, 5.41) is 10.1. The monoisotopic (exact) mass is 487 g/mol. The molecule has 35 heavy (non-hydrogen) atoms. The van der Waals surface area contributed by atoms with Gasteiger partial charge in [0.1, 0.15) is 5.69 Å². The van der Waals surface area contributed by atoms with E-state index in [1.54, 1.807) is 34.0 Å². The molecular formula is C26H25N5O3S. The van der Waals surface area contributed by atoms with E-state index in [2.05, 4.69) is 10.3 Å². The fourth-order valence-electron chi connectivity index (χ4n) is 4.13. The molecule has 0 bridgehead atoms. The van der Waals surface area contributed by atoms with E-state index in [9.17, 15) is 13.2 Å². The van der Waals surface area contributed by atoms with Gasteiger partial charge in [0.05, 0.1) is 17.6 Å². The Hall–Kier alpha value is -3.82. The highest BCUT2D eigenvalue weighted by Gasteiger charge is 2.29. The zero-order chi connectivity index (χ0) is 24.3. The van der Waals surface area contributed by atoms with Crippen molar-refractivity contribution in [3.63, 3.8) is 0 Å². The molecule has 0 radical (unpaired) electrons. The molecule has 0 saturated carbocycles. The third-order valence-electron chi connectivity index (χ3n) is 6.05. The molecule has 8 nitrogen and oxygen atoms in total. The molecule has 1 aliphatic heterocycles. The molecule has 178 valence electrons. The number of carbonyl (C=O) groups is 1. The lowest BCUT2D eigenvalue weighted by atomic mass is 10.1. The van der Waals surface area contributed by atoms with E-state index in [4.69, 9.17) is 0 Å². The maximum absolute atomic E-state index is 13.1. The first kappa shape index (κ1) is 22.9. The van der Waals surface area contributed by atoms with Crippen LogP contribution in [-0.2, 0) is 21.4 Å². The van der Waals surface area contributed by atoms with Crippen LogP contribution in [0.5, 0.6) is 0 Å². The van der Waals surface area contributed by atoms with Crippen LogP contribution in [-0.4, -0.2) is 64.7 Å². The fraction of sp³-hybridized carbons (Fsp3) is 0.192. The summed E-state index contributed by atoms with van der Waals surface area (Å²) in [5.41, 5.74) is 1.70.